The van der Waals surface area contributed by atoms with Crippen LogP contribution < -0.4 is 9.21 Å². The third kappa shape index (κ3) is 4.20. The van der Waals surface area contributed by atoms with Gasteiger partial charge in [-0.3, -0.25) is 4.90 Å². The largest absolute Gasteiger partial charge is 0.443 e. The molecule has 0 N–H and O–H groups in total. The molecule has 3 aromatic carbocycles. The van der Waals surface area contributed by atoms with Crippen LogP contribution in [0.4, 0.5) is 16.2 Å². The van der Waals surface area contributed by atoms with Crippen LogP contribution >= 0.6 is 15.9 Å². The van der Waals surface area contributed by atoms with Gasteiger partial charge in [0, 0.05) is 16.0 Å². The highest BCUT2D eigenvalue weighted by atomic mass is 79.9. The van der Waals surface area contributed by atoms with Crippen LogP contribution in [0.1, 0.15) is 49.8 Å². The van der Waals surface area contributed by atoms with Gasteiger partial charge in [-0.25, -0.2) is 17.5 Å². The predicted octanol–water partition coefficient (Wildman–Crippen LogP) is 7.83. The van der Waals surface area contributed by atoms with Crippen molar-refractivity contribution in [3.8, 4) is 0 Å². The molecule has 8 heteroatoms. The number of benzene rings is 3. The minimum atomic E-state index is -4.18. The highest BCUT2D eigenvalue weighted by molar-refractivity contribution is 9.10. The standard InChI is InChI=1S/C32H33BrN2O4S/c1-7-20-32-24(8-2)23-12-9-10-14-26(23)35(40(37,38)22-18-16-21(3)17-19-22)29(32)34(30(36)39-31(4,5)6)27-15-11-13-25(33)28(27)32/h7-19,24,29H,1-2,20H2,3-6H3/t24-,29-,32-/m0/s1. The Morgan fingerprint density at radius 2 is 1.68 bits per heavy atom. The normalized spacial score (nSPS) is 21.7. The number of hydrogen-bond donors (Lipinski definition) is 0. The number of anilines is 2. The molecule has 3 aromatic rings. The van der Waals surface area contributed by atoms with Crippen LogP contribution in [0.3, 0.4) is 0 Å². The number of nitrogens with zero attached hydrogens (tertiary/aromatic N) is 2. The van der Waals surface area contributed by atoms with Crippen LogP contribution in [0, 0.1) is 6.92 Å². The first kappa shape index (κ1) is 28.2. The molecule has 2 aliphatic heterocycles. The number of rotatable bonds is 5. The van der Waals surface area contributed by atoms with Crippen molar-refractivity contribution in [2.24, 2.45) is 0 Å². The zero-order chi connectivity index (χ0) is 29.0. The molecule has 0 saturated carbocycles. The lowest BCUT2D eigenvalue weighted by molar-refractivity contribution is 0.0556. The van der Waals surface area contributed by atoms with Crippen LogP contribution in [-0.4, -0.2) is 26.3 Å². The Labute approximate surface area is 245 Å². The average molecular weight is 622 g/mol. The number of ether oxygens (including phenoxy) is 1. The topological polar surface area (TPSA) is 66.9 Å². The van der Waals surface area contributed by atoms with Gasteiger partial charge in [0.1, 0.15) is 11.8 Å². The molecule has 0 aliphatic carbocycles. The van der Waals surface area contributed by atoms with Crippen LogP contribution in [0.2, 0.25) is 0 Å². The van der Waals surface area contributed by atoms with Gasteiger partial charge >= 0.3 is 6.09 Å². The zero-order valence-electron chi connectivity index (χ0n) is 23.1. The van der Waals surface area contributed by atoms with Crippen molar-refractivity contribution in [1.82, 2.24) is 0 Å². The molecule has 0 unspecified atom stereocenters. The van der Waals surface area contributed by atoms with E-state index in [-0.39, 0.29) is 10.8 Å². The summed E-state index contributed by atoms with van der Waals surface area (Å²) in [5.74, 6) is -0.346. The van der Waals surface area contributed by atoms with Gasteiger partial charge < -0.3 is 4.74 Å². The Kier molecular flexibility index (Phi) is 6.99. The monoisotopic (exact) mass is 620 g/mol. The number of carbonyl (C=O) groups is 1. The Morgan fingerprint density at radius 3 is 2.30 bits per heavy atom. The fourth-order valence-corrected chi connectivity index (χ4v) is 8.56. The van der Waals surface area contributed by atoms with E-state index in [0.29, 0.717) is 17.8 Å². The molecule has 0 fully saturated rings. The fraction of sp³-hybridized carbons (Fsp3) is 0.281. The molecule has 1 amide bonds. The average Bonchev–Trinajstić information content (AvgIpc) is 3.17. The van der Waals surface area contributed by atoms with Crippen molar-refractivity contribution >= 4 is 43.4 Å². The Hall–Kier alpha value is -3.36. The lowest BCUT2D eigenvalue weighted by Crippen LogP contribution is -2.64. The number of aryl methyl sites for hydroxylation is 1. The van der Waals surface area contributed by atoms with Crippen LogP contribution in [0.5, 0.6) is 0 Å². The van der Waals surface area contributed by atoms with E-state index in [0.717, 1.165) is 21.2 Å². The van der Waals surface area contributed by atoms with Gasteiger partial charge in [-0.15, -0.1) is 13.2 Å². The van der Waals surface area contributed by atoms with Crippen molar-refractivity contribution in [2.75, 3.05) is 9.21 Å². The molecule has 6 nitrogen and oxygen atoms in total. The van der Waals surface area contributed by atoms with Gasteiger partial charge in [0.2, 0.25) is 0 Å². The summed E-state index contributed by atoms with van der Waals surface area (Å²) in [7, 11) is -4.18. The highest BCUT2D eigenvalue weighted by Crippen LogP contribution is 2.63. The van der Waals surface area contributed by atoms with Crippen molar-refractivity contribution in [1.29, 1.82) is 0 Å². The Bertz CT molecular complexity index is 1610. The maximum absolute atomic E-state index is 14.7. The molecule has 40 heavy (non-hydrogen) atoms. The van der Waals surface area contributed by atoms with E-state index in [2.05, 4.69) is 29.1 Å². The number of carbonyl (C=O) groups excluding carboxylic acids is 1. The molecule has 2 heterocycles. The molecule has 0 spiro atoms. The number of sulfonamides is 1. The lowest BCUT2D eigenvalue weighted by atomic mass is 9.63. The quantitative estimate of drug-likeness (QED) is 0.273. The summed E-state index contributed by atoms with van der Waals surface area (Å²) < 4.78 is 37.5. The molecular formula is C32H33BrN2O4S. The second kappa shape index (κ2) is 9.93. The summed E-state index contributed by atoms with van der Waals surface area (Å²) in [5, 5.41) is 0. The van der Waals surface area contributed by atoms with Crippen LogP contribution in [-0.2, 0) is 20.2 Å². The van der Waals surface area contributed by atoms with Crippen molar-refractivity contribution < 1.29 is 17.9 Å². The number of allylic oxidation sites excluding steroid dienone is 2. The Balaban J connectivity index is 1.92. The van der Waals surface area contributed by atoms with Gasteiger partial charge in [0.15, 0.2) is 0 Å². The minimum absolute atomic E-state index is 0.136. The number of para-hydroxylation sites is 1. The van der Waals surface area contributed by atoms with E-state index in [4.69, 9.17) is 4.74 Å². The number of hydrogen-bond acceptors (Lipinski definition) is 4. The molecule has 0 saturated heterocycles. The molecule has 0 aromatic heterocycles. The third-order valence-corrected chi connectivity index (χ3v) is 10.0. The summed E-state index contributed by atoms with van der Waals surface area (Å²) in [5.41, 5.74) is 1.88. The van der Waals surface area contributed by atoms with Crippen molar-refractivity contribution in [3.05, 3.63) is 113 Å². The van der Waals surface area contributed by atoms with Gasteiger partial charge in [0.25, 0.3) is 10.0 Å². The van der Waals surface area contributed by atoms with Crippen LogP contribution in [0.15, 0.2) is 101 Å². The minimum Gasteiger partial charge on any atom is -0.443 e. The summed E-state index contributed by atoms with van der Waals surface area (Å²) in [6.45, 7) is 15.6. The number of fused-ring (bicyclic) bond motifs is 4. The summed E-state index contributed by atoms with van der Waals surface area (Å²) in [6.07, 6.45) is 2.38. The smallest absolute Gasteiger partial charge is 0.416 e. The molecular weight excluding hydrogens is 588 g/mol. The molecule has 3 atom stereocenters. The van der Waals surface area contributed by atoms with Gasteiger partial charge in [-0.2, -0.15) is 0 Å². The SMILES string of the molecule is C=CC[C@]12c3c(Br)cccc3N(C(=O)OC(C)(C)C)[C@H]1N(S(=O)(=O)c1ccc(C)cc1)c1ccccc1[C@@H]2C=C. The van der Waals surface area contributed by atoms with Gasteiger partial charge in [-0.05, 0) is 70.0 Å². The second-order valence-electron chi connectivity index (χ2n) is 11.3. The number of halogens is 1. The van der Waals surface area contributed by atoms with Gasteiger partial charge in [0.05, 0.1) is 21.7 Å². The van der Waals surface area contributed by atoms with Gasteiger partial charge in [-0.1, -0.05) is 70.0 Å². The zero-order valence-corrected chi connectivity index (χ0v) is 25.5. The predicted molar refractivity (Wildman–Crippen MR) is 163 cm³/mol. The van der Waals surface area contributed by atoms with E-state index in [1.54, 1.807) is 57.2 Å². The molecule has 2 aliphatic rings. The first-order chi connectivity index (χ1) is 18.9. The molecule has 0 radical (unpaired) electrons. The van der Waals surface area contributed by atoms with Crippen molar-refractivity contribution in [3.63, 3.8) is 0 Å². The molecule has 0 bridgehead atoms. The fourth-order valence-electron chi connectivity index (χ4n) is 6.16. The molecule has 5 rings (SSSR count). The van der Waals surface area contributed by atoms with E-state index < -0.39 is 33.3 Å². The third-order valence-electron chi connectivity index (χ3n) is 7.59. The van der Waals surface area contributed by atoms with E-state index >= 15 is 0 Å². The maximum atomic E-state index is 14.7. The first-order valence-electron chi connectivity index (χ1n) is 13.1. The summed E-state index contributed by atoms with van der Waals surface area (Å²) in [4.78, 5) is 15.8. The second-order valence-corrected chi connectivity index (χ2v) is 13.9. The lowest BCUT2D eigenvalue weighted by Gasteiger charge is -2.52. The van der Waals surface area contributed by atoms with Crippen LogP contribution in [0.25, 0.3) is 0 Å². The maximum Gasteiger partial charge on any atom is 0.416 e. The number of amides is 1. The van der Waals surface area contributed by atoms with Crippen molar-refractivity contribution in [2.45, 2.75) is 62.1 Å². The van der Waals surface area contributed by atoms with E-state index in [9.17, 15) is 13.2 Å². The molecule has 208 valence electrons. The first-order valence-corrected chi connectivity index (χ1v) is 15.4. The van der Waals surface area contributed by atoms with E-state index in [1.165, 1.54) is 9.21 Å². The Morgan fingerprint density at radius 1 is 1.02 bits per heavy atom. The highest BCUT2D eigenvalue weighted by Gasteiger charge is 2.64. The van der Waals surface area contributed by atoms with E-state index in [1.807, 2.05) is 49.4 Å². The summed E-state index contributed by atoms with van der Waals surface area (Å²) >= 11 is 3.76. The summed E-state index contributed by atoms with van der Waals surface area (Å²) in [6, 6.07) is 19.8.